The second-order valence-electron chi connectivity index (χ2n) is 8.44. The molecule has 0 unspecified atom stereocenters. The zero-order valence-electron chi connectivity index (χ0n) is 20.9. The number of carbonyl (C=O) groups is 2. The minimum absolute atomic E-state index is 0.0429. The lowest BCUT2D eigenvalue weighted by atomic mass is 10.0. The number of rotatable bonds is 11. The number of hydrogen-bond donors (Lipinski definition) is 3. The standard InChI is InChI=1S/C25H23N7O6S/c1-26-19-8-7-18(14-20(19)27-2)39(37,38)28-9-5-6-21-29-22(31-25(30-21)32(3)4)12-15-10-16(23(33)34)13-17(11-15)24(35)36/h7-8,10-11,13-14,28H,5-6,9,12H2,3-4H3,(H,33,34)(H,35,36). The van der Waals surface area contributed by atoms with Crippen LogP contribution >= 0.6 is 0 Å². The highest BCUT2D eigenvalue weighted by atomic mass is 32.2. The van der Waals surface area contributed by atoms with Gasteiger partial charge in [0.25, 0.3) is 0 Å². The Bertz CT molecular complexity index is 1590. The minimum atomic E-state index is -3.92. The third-order valence-electron chi connectivity index (χ3n) is 5.33. The molecule has 1 heterocycles. The first-order valence-electron chi connectivity index (χ1n) is 11.3. The van der Waals surface area contributed by atoms with Crippen molar-refractivity contribution in [3.63, 3.8) is 0 Å². The second-order valence-corrected chi connectivity index (χ2v) is 10.2. The van der Waals surface area contributed by atoms with Gasteiger partial charge in [0.05, 0.1) is 29.2 Å². The molecular weight excluding hydrogens is 526 g/mol. The van der Waals surface area contributed by atoms with E-state index in [0.717, 1.165) is 12.1 Å². The van der Waals surface area contributed by atoms with E-state index in [1.807, 2.05) is 0 Å². The number of anilines is 1. The molecule has 3 aromatic rings. The molecule has 3 rings (SSSR count). The average Bonchev–Trinajstić information content (AvgIpc) is 2.90. The van der Waals surface area contributed by atoms with Crippen molar-refractivity contribution in [1.82, 2.24) is 19.7 Å². The Kier molecular flexibility index (Phi) is 8.88. The number of nitrogens with one attached hydrogen (secondary N) is 1. The topological polar surface area (TPSA) is 171 Å². The van der Waals surface area contributed by atoms with Crippen molar-refractivity contribution in [2.75, 3.05) is 25.5 Å². The fourth-order valence-electron chi connectivity index (χ4n) is 3.46. The molecule has 0 atom stereocenters. The van der Waals surface area contributed by atoms with Crippen molar-refractivity contribution in [2.45, 2.75) is 24.2 Å². The maximum atomic E-state index is 12.6. The van der Waals surface area contributed by atoms with Crippen molar-refractivity contribution in [3.8, 4) is 0 Å². The SMILES string of the molecule is [C-]#[N+]c1ccc(S(=O)(=O)NCCCc2nc(Cc3cc(C(=O)O)cc(C(=O)O)c3)nc(N(C)C)n2)cc1[N+]#[C-]. The highest BCUT2D eigenvalue weighted by molar-refractivity contribution is 7.89. The van der Waals surface area contributed by atoms with Crippen molar-refractivity contribution in [3.05, 3.63) is 87.6 Å². The van der Waals surface area contributed by atoms with E-state index in [1.165, 1.54) is 24.3 Å². The summed E-state index contributed by atoms with van der Waals surface area (Å²) in [5.74, 6) is -1.54. The number of sulfonamides is 1. The van der Waals surface area contributed by atoms with Gasteiger partial charge >= 0.3 is 11.9 Å². The summed E-state index contributed by atoms with van der Waals surface area (Å²) in [7, 11) is -0.472. The molecule has 39 heavy (non-hydrogen) atoms. The smallest absolute Gasteiger partial charge is 0.335 e. The van der Waals surface area contributed by atoms with Crippen LogP contribution in [0.1, 0.15) is 44.3 Å². The van der Waals surface area contributed by atoms with Crippen molar-refractivity contribution in [1.29, 1.82) is 0 Å². The van der Waals surface area contributed by atoms with E-state index >= 15 is 0 Å². The van der Waals surface area contributed by atoms with Gasteiger partial charge in [0.1, 0.15) is 11.6 Å². The number of carboxylic acid groups (broad SMARTS) is 2. The molecule has 0 aliphatic heterocycles. The maximum absolute atomic E-state index is 12.6. The Morgan fingerprint density at radius 1 is 0.923 bits per heavy atom. The summed E-state index contributed by atoms with van der Waals surface area (Å²) in [5.41, 5.74) is 0.0642. The van der Waals surface area contributed by atoms with E-state index in [9.17, 15) is 28.2 Å². The highest BCUT2D eigenvalue weighted by Crippen LogP contribution is 2.30. The molecule has 14 heteroatoms. The van der Waals surface area contributed by atoms with Gasteiger partial charge in [-0.15, -0.1) is 0 Å². The molecule has 0 aliphatic rings. The maximum Gasteiger partial charge on any atom is 0.335 e. The fourth-order valence-corrected chi connectivity index (χ4v) is 4.55. The highest BCUT2D eigenvalue weighted by Gasteiger charge is 2.17. The minimum Gasteiger partial charge on any atom is -0.478 e. The van der Waals surface area contributed by atoms with Gasteiger partial charge in [-0.25, -0.2) is 27.7 Å². The molecule has 0 bridgehead atoms. The van der Waals surface area contributed by atoms with Gasteiger partial charge in [0.15, 0.2) is 11.4 Å². The van der Waals surface area contributed by atoms with Gasteiger partial charge in [-0.3, -0.25) is 9.69 Å². The molecule has 13 nitrogen and oxygen atoms in total. The van der Waals surface area contributed by atoms with E-state index in [-0.39, 0.29) is 52.6 Å². The zero-order chi connectivity index (χ0) is 28.7. The first-order chi connectivity index (χ1) is 18.4. The third-order valence-corrected chi connectivity index (χ3v) is 6.79. The molecule has 200 valence electrons. The Labute approximate surface area is 224 Å². The number of aromatic carboxylic acids is 2. The number of benzene rings is 2. The van der Waals surface area contributed by atoms with Gasteiger partial charge in [0, 0.05) is 33.5 Å². The lowest BCUT2D eigenvalue weighted by Crippen LogP contribution is -2.25. The summed E-state index contributed by atoms with van der Waals surface area (Å²) in [4.78, 5) is 43.9. The zero-order valence-corrected chi connectivity index (χ0v) is 21.7. The van der Waals surface area contributed by atoms with Crippen LogP contribution in [0.15, 0.2) is 41.3 Å². The predicted octanol–water partition coefficient (Wildman–Crippen LogP) is 2.94. The molecule has 0 spiro atoms. The molecule has 0 saturated carbocycles. The molecule has 1 aromatic heterocycles. The Hall–Kier alpha value is -4.92. The molecule has 0 saturated heterocycles. The number of hydrogen-bond acceptors (Lipinski definition) is 8. The van der Waals surface area contributed by atoms with Gasteiger partial charge in [-0.2, -0.15) is 9.97 Å². The molecule has 3 N–H and O–H groups in total. The van der Waals surface area contributed by atoms with Crippen molar-refractivity contribution < 1.29 is 28.2 Å². The van der Waals surface area contributed by atoms with Gasteiger partial charge < -0.3 is 15.1 Å². The largest absolute Gasteiger partial charge is 0.478 e. The Balaban J connectivity index is 1.75. The summed E-state index contributed by atoms with van der Waals surface area (Å²) in [6, 6.07) is 7.48. The van der Waals surface area contributed by atoms with Gasteiger partial charge in [-0.05, 0) is 36.2 Å². The first kappa shape index (κ1) is 28.6. The Morgan fingerprint density at radius 2 is 1.54 bits per heavy atom. The van der Waals surface area contributed by atoms with E-state index in [0.29, 0.717) is 23.8 Å². The number of nitrogens with zero attached hydrogens (tertiary/aromatic N) is 6. The van der Waals surface area contributed by atoms with Crippen LogP contribution in [0.3, 0.4) is 0 Å². The predicted molar refractivity (Wildman–Crippen MR) is 140 cm³/mol. The fraction of sp³-hybridized carbons (Fsp3) is 0.240. The van der Waals surface area contributed by atoms with Crippen LogP contribution < -0.4 is 9.62 Å². The van der Waals surface area contributed by atoms with Crippen LogP contribution in [0, 0.1) is 13.1 Å². The van der Waals surface area contributed by atoms with Crippen LogP contribution in [0.4, 0.5) is 17.3 Å². The van der Waals surface area contributed by atoms with E-state index in [1.54, 1.807) is 19.0 Å². The summed E-state index contributed by atoms with van der Waals surface area (Å²) >= 11 is 0. The van der Waals surface area contributed by atoms with Gasteiger partial charge in [0.2, 0.25) is 16.0 Å². The van der Waals surface area contributed by atoms with Crippen LogP contribution in [0.2, 0.25) is 0 Å². The average molecular weight is 550 g/mol. The number of carboxylic acids is 2. The van der Waals surface area contributed by atoms with Crippen LogP contribution in [0.5, 0.6) is 0 Å². The summed E-state index contributed by atoms with van der Waals surface area (Å²) in [5, 5.41) is 18.7. The first-order valence-corrected chi connectivity index (χ1v) is 12.8. The lowest BCUT2D eigenvalue weighted by Gasteiger charge is -2.13. The van der Waals surface area contributed by atoms with E-state index in [2.05, 4.69) is 29.4 Å². The third kappa shape index (κ3) is 7.32. The van der Waals surface area contributed by atoms with Crippen LogP contribution in [0.25, 0.3) is 9.69 Å². The molecule has 2 aromatic carbocycles. The summed E-state index contributed by atoms with van der Waals surface area (Å²) in [6.45, 7) is 14.2. The van der Waals surface area contributed by atoms with E-state index in [4.69, 9.17) is 13.1 Å². The Morgan fingerprint density at radius 3 is 2.10 bits per heavy atom. The normalized spacial score (nSPS) is 10.9. The van der Waals surface area contributed by atoms with Crippen molar-refractivity contribution >= 4 is 39.3 Å². The van der Waals surface area contributed by atoms with E-state index < -0.39 is 22.0 Å². The van der Waals surface area contributed by atoms with Crippen LogP contribution in [-0.2, 0) is 22.9 Å². The van der Waals surface area contributed by atoms with Crippen molar-refractivity contribution in [2.24, 2.45) is 0 Å². The molecule has 0 amide bonds. The monoisotopic (exact) mass is 549 g/mol. The summed E-state index contributed by atoms with van der Waals surface area (Å²) in [6.07, 6.45) is 0.649. The molecule has 0 fully saturated rings. The van der Waals surface area contributed by atoms with Crippen LogP contribution in [-0.4, -0.2) is 66.2 Å². The summed E-state index contributed by atoms with van der Waals surface area (Å²) < 4.78 is 27.7. The van der Waals surface area contributed by atoms with Gasteiger partial charge in [-0.1, -0.05) is 12.1 Å². The number of aryl methyl sites for hydroxylation is 1. The number of aromatic nitrogens is 3. The quantitative estimate of drug-likeness (QED) is 0.238. The lowest BCUT2D eigenvalue weighted by molar-refractivity contribution is 0.0696. The second kappa shape index (κ2) is 12.1. The molecule has 0 aliphatic carbocycles. The molecule has 0 radical (unpaired) electrons. The molecular formula is C25H23N7O6S.